The molecule has 1 heterocycles. The maximum atomic E-state index is 12.1. The van der Waals surface area contributed by atoms with Crippen LogP contribution >= 0.6 is 0 Å². The number of aromatic nitrogens is 2. The topological polar surface area (TPSA) is 67.0 Å². The highest BCUT2D eigenvalue weighted by Crippen LogP contribution is 2.22. The number of hydrogen-bond donors (Lipinski definition) is 2. The van der Waals surface area contributed by atoms with Gasteiger partial charge in [0.25, 0.3) is 5.91 Å². The van der Waals surface area contributed by atoms with E-state index in [1.54, 1.807) is 18.2 Å². The fourth-order valence-corrected chi connectivity index (χ4v) is 1.80. The van der Waals surface area contributed by atoms with E-state index in [-0.39, 0.29) is 17.7 Å². The number of ether oxygens (including phenoxy) is 1. The molecule has 2 N–H and O–H groups in total. The van der Waals surface area contributed by atoms with E-state index < -0.39 is 6.61 Å². The molecule has 5 nitrogen and oxygen atoms in total. The van der Waals surface area contributed by atoms with Crippen molar-refractivity contribution in [2.75, 3.05) is 0 Å². The summed E-state index contributed by atoms with van der Waals surface area (Å²) in [5.41, 5.74) is 1.60. The highest BCUT2D eigenvalue weighted by molar-refractivity contribution is 5.93. The molecule has 1 amide bonds. The van der Waals surface area contributed by atoms with Gasteiger partial charge in [-0.2, -0.15) is 13.9 Å². The first-order valence-electron chi connectivity index (χ1n) is 6.91. The largest absolute Gasteiger partial charge is 0.435 e. The molecule has 0 saturated carbocycles. The normalized spacial score (nSPS) is 12.2. The van der Waals surface area contributed by atoms with E-state index in [9.17, 15) is 13.6 Å². The Labute approximate surface area is 126 Å². The summed E-state index contributed by atoms with van der Waals surface area (Å²) in [7, 11) is 0. The molecule has 0 fully saturated rings. The van der Waals surface area contributed by atoms with E-state index in [1.165, 1.54) is 12.1 Å². The molecule has 1 aromatic heterocycles. The highest BCUT2D eigenvalue weighted by Gasteiger charge is 2.13. The number of nitrogens with one attached hydrogen (secondary N) is 2. The third-order valence-electron chi connectivity index (χ3n) is 3.19. The van der Waals surface area contributed by atoms with Gasteiger partial charge >= 0.3 is 6.61 Å². The summed E-state index contributed by atoms with van der Waals surface area (Å²) in [6.07, 6.45) is 0.832. The Morgan fingerprint density at radius 3 is 2.64 bits per heavy atom. The molecule has 2 aromatic rings. The summed E-state index contributed by atoms with van der Waals surface area (Å²) in [4.78, 5) is 11.9. The van der Waals surface area contributed by atoms with Crippen molar-refractivity contribution in [3.8, 4) is 17.0 Å². The van der Waals surface area contributed by atoms with Crippen LogP contribution in [0.15, 0.2) is 30.3 Å². The van der Waals surface area contributed by atoms with Crippen LogP contribution < -0.4 is 10.1 Å². The number of benzene rings is 1. The van der Waals surface area contributed by atoms with Crippen LogP contribution in [0.4, 0.5) is 8.78 Å². The third kappa shape index (κ3) is 4.03. The predicted molar refractivity (Wildman–Crippen MR) is 77.9 cm³/mol. The predicted octanol–water partition coefficient (Wildman–Crippen LogP) is 3.21. The fraction of sp³-hybridized carbons (Fsp3) is 0.333. The molecule has 0 aliphatic rings. The standard InChI is InChI=1S/C15H17F2N3O2/c1-3-9(2)18-14(21)13-8-12(19-20-13)10-4-6-11(7-5-10)22-15(16)17/h4-9,15H,3H2,1-2H3,(H,18,21)(H,19,20). The number of amides is 1. The van der Waals surface area contributed by atoms with Gasteiger partial charge in [0.2, 0.25) is 0 Å². The third-order valence-corrected chi connectivity index (χ3v) is 3.19. The van der Waals surface area contributed by atoms with Gasteiger partial charge in [0.05, 0.1) is 5.69 Å². The number of aromatic amines is 1. The van der Waals surface area contributed by atoms with Crippen LogP contribution in [0, 0.1) is 0 Å². The van der Waals surface area contributed by atoms with Gasteiger partial charge in [-0.05, 0) is 43.7 Å². The molecule has 0 aliphatic carbocycles. The lowest BCUT2D eigenvalue weighted by molar-refractivity contribution is -0.0498. The molecule has 1 unspecified atom stereocenters. The number of carbonyl (C=O) groups excluding carboxylic acids is 1. The van der Waals surface area contributed by atoms with Crippen LogP contribution in [-0.2, 0) is 0 Å². The Kier molecular flexibility index (Phi) is 5.08. The second-order valence-corrected chi connectivity index (χ2v) is 4.85. The van der Waals surface area contributed by atoms with Crippen molar-refractivity contribution < 1.29 is 18.3 Å². The molecule has 0 radical (unpaired) electrons. The number of alkyl halides is 2. The number of rotatable bonds is 6. The minimum Gasteiger partial charge on any atom is -0.435 e. The zero-order valence-electron chi connectivity index (χ0n) is 12.3. The minimum absolute atomic E-state index is 0.0732. The second-order valence-electron chi connectivity index (χ2n) is 4.85. The summed E-state index contributed by atoms with van der Waals surface area (Å²) >= 11 is 0. The van der Waals surface area contributed by atoms with Crippen molar-refractivity contribution in [1.82, 2.24) is 15.5 Å². The zero-order chi connectivity index (χ0) is 16.1. The zero-order valence-corrected chi connectivity index (χ0v) is 12.3. The number of hydrogen-bond acceptors (Lipinski definition) is 3. The summed E-state index contributed by atoms with van der Waals surface area (Å²) in [5.74, 6) is -0.158. The SMILES string of the molecule is CCC(C)NC(=O)c1cc(-c2ccc(OC(F)F)cc2)n[nH]1. The van der Waals surface area contributed by atoms with Crippen molar-refractivity contribution >= 4 is 5.91 Å². The molecule has 0 saturated heterocycles. The summed E-state index contributed by atoms with van der Waals surface area (Å²) in [6, 6.07) is 7.74. The van der Waals surface area contributed by atoms with E-state index >= 15 is 0 Å². The molecule has 118 valence electrons. The Hall–Kier alpha value is -2.44. The Morgan fingerprint density at radius 1 is 1.36 bits per heavy atom. The van der Waals surface area contributed by atoms with Crippen LogP contribution in [0.1, 0.15) is 30.8 Å². The Balaban J connectivity index is 2.09. The monoisotopic (exact) mass is 309 g/mol. The van der Waals surface area contributed by atoms with Crippen molar-refractivity contribution in [2.24, 2.45) is 0 Å². The second kappa shape index (κ2) is 7.02. The van der Waals surface area contributed by atoms with E-state index in [4.69, 9.17) is 0 Å². The molecule has 2 rings (SSSR count). The van der Waals surface area contributed by atoms with Crippen molar-refractivity contribution in [3.05, 3.63) is 36.0 Å². The van der Waals surface area contributed by atoms with Gasteiger partial charge in [-0.3, -0.25) is 9.89 Å². The molecule has 0 aliphatic heterocycles. The van der Waals surface area contributed by atoms with Gasteiger partial charge in [0.15, 0.2) is 0 Å². The van der Waals surface area contributed by atoms with Gasteiger partial charge in [-0.1, -0.05) is 6.92 Å². The van der Waals surface area contributed by atoms with Crippen molar-refractivity contribution in [2.45, 2.75) is 32.9 Å². The van der Waals surface area contributed by atoms with E-state index in [2.05, 4.69) is 20.3 Å². The lowest BCUT2D eigenvalue weighted by Gasteiger charge is -2.09. The molecule has 7 heteroatoms. The molecule has 0 bridgehead atoms. The van der Waals surface area contributed by atoms with Crippen LogP contribution in [-0.4, -0.2) is 28.8 Å². The molecule has 1 aromatic carbocycles. The maximum absolute atomic E-state index is 12.1. The first-order chi connectivity index (χ1) is 10.5. The molecule has 1 atom stereocenters. The molecule has 22 heavy (non-hydrogen) atoms. The first kappa shape index (κ1) is 15.9. The van der Waals surface area contributed by atoms with Crippen LogP contribution in [0.25, 0.3) is 11.3 Å². The Bertz CT molecular complexity index is 626. The van der Waals surface area contributed by atoms with Gasteiger partial charge in [0, 0.05) is 11.6 Å². The van der Waals surface area contributed by atoms with Gasteiger partial charge in [-0.25, -0.2) is 0 Å². The number of nitrogens with zero attached hydrogens (tertiary/aromatic N) is 1. The average Bonchev–Trinajstić information content (AvgIpc) is 2.97. The van der Waals surface area contributed by atoms with E-state index in [1.807, 2.05) is 13.8 Å². The number of H-pyrrole nitrogens is 1. The first-order valence-corrected chi connectivity index (χ1v) is 6.91. The quantitative estimate of drug-likeness (QED) is 0.861. The number of halogens is 2. The highest BCUT2D eigenvalue weighted by atomic mass is 19.3. The van der Waals surface area contributed by atoms with E-state index in [0.717, 1.165) is 6.42 Å². The summed E-state index contributed by atoms with van der Waals surface area (Å²) < 4.78 is 28.5. The van der Waals surface area contributed by atoms with Gasteiger partial charge in [-0.15, -0.1) is 0 Å². The summed E-state index contributed by atoms with van der Waals surface area (Å²) in [5, 5.41) is 9.55. The van der Waals surface area contributed by atoms with Crippen molar-refractivity contribution in [1.29, 1.82) is 0 Å². The van der Waals surface area contributed by atoms with Gasteiger partial charge in [0.1, 0.15) is 11.4 Å². The van der Waals surface area contributed by atoms with Gasteiger partial charge < -0.3 is 10.1 Å². The lowest BCUT2D eigenvalue weighted by Crippen LogP contribution is -2.32. The lowest BCUT2D eigenvalue weighted by atomic mass is 10.1. The fourth-order valence-electron chi connectivity index (χ4n) is 1.80. The molecular formula is C15H17F2N3O2. The van der Waals surface area contributed by atoms with Crippen LogP contribution in [0.5, 0.6) is 5.75 Å². The van der Waals surface area contributed by atoms with Crippen molar-refractivity contribution in [3.63, 3.8) is 0 Å². The molecule has 0 spiro atoms. The van der Waals surface area contributed by atoms with Crippen LogP contribution in [0.2, 0.25) is 0 Å². The summed E-state index contributed by atoms with van der Waals surface area (Å²) in [6.45, 7) is 1.04. The molecular weight excluding hydrogens is 292 g/mol. The van der Waals surface area contributed by atoms with E-state index in [0.29, 0.717) is 17.0 Å². The van der Waals surface area contributed by atoms with Crippen LogP contribution in [0.3, 0.4) is 0 Å². The smallest absolute Gasteiger partial charge is 0.387 e. The number of carbonyl (C=O) groups is 1. The maximum Gasteiger partial charge on any atom is 0.387 e. The minimum atomic E-state index is -2.85. The Morgan fingerprint density at radius 2 is 2.05 bits per heavy atom. The average molecular weight is 309 g/mol.